The first kappa shape index (κ1) is 17.2. The van der Waals surface area contributed by atoms with Crippen LogP contribution in [-0.2, 0) is 6.54 Å². The van der Waals surface area contributed by atoms with Gasteiger partial charge in [0.1, 0.15) is 5.69 Å². The van der Waals surface area contributed by atoms with Gasteiger partial charge in [0.05, 0.1) is 5.69 Å². The highest BCUT2D eigenvalue weighted by atomic mass is 79.9. The molecule has 1 heterocycles. The van der Waals surface area contributed by atoms with Crippen LogP contribution in [0.1, 0.15) is 16.1 Å². The molecule has 0 unspecified atom stereocenters. The number of carbonyl (C=O) groups excluding carboxylic acids is 1. The molecule has 1 N–H and O–H groups in total. The zero-order chi connectivity index (χ0) is 17.6. The first-order chi connectivity index (χ1) is 12.1. The van der Waals surface area contributed by atoms with E-state index >= 15 is 0 Å². The van der Waals surface area contributed by atoms with E-state index in [0.717, 1.165) is 21.4 Å². The number of hydrogen-bond acceptors (Lipinski definition) is 3. The van der Waals surface area contributed by atoms with Crippen LogP contribution in [0.15, 0.2) is 77.4 Å². The zero-order valence-corrected chi connectivity index (χ0v) is 15.4. The van der Waals surface area contributed by atoms with E-state index < -0.39 is 0 Å². The van der Waals surface area contributed by atoms with Crippen LogP contribution >= 0.6 is 15.9 Å². The number of pyridine rings is 1. The Bertz CT molecular complexity index is 868. The van der Waals surface area contributed by atoms with Gasteiger partial charge in [0, 0.05) is 29.9 Å². The van der Waals surface area contributed by atoms with Crippen LogP contribution in [0.2, 0.25) is 0 Å². The van der Waals surface area contributed by atoms with Crippen LogP contribution in [0.25, 0.3) is 0 Å². The summed E-state index contributed by atoms with van der Waals surface area (Å²) in [6.07, 6.45) is 1.64. The highest BCUT2D eigenvalue weighted by Crippen LogP contribution is 2.25. The second-order valence-corrected chi connectivity index (χ2v) is 6.54. The Morgan fingerprint density at radius 3 is 2.56 bits per heavy atom. The minimum absolute atomic E-state index is 0.111. The summed E-state index contributed by atoms with van der Waals surface area (Å²) in [5, 5.41) is 3.30. The Morgan fingerprint density at radius 2 is 1.80 bits per heavy atom. The number of nitrogens with one attached hydrogen (secondary N) is 1. The largest absolute Gasteiger partial charge is 0.354 e. The number of amides is 1. The molecule has 0 bridgehead atoms. The molecule has 0 saturated carbocycles. The van der Waals surface area contributed by atoms with E-state index in [4.69, 9.17) is 0 Å². The molecule has 1 amide bonds. The lowest BCUT2D eigenvalue weighted by molar-refractivity contribution is 0.0779. The third-order valence-electron chi connectivity index (χ3n) is 3.74. The normalized spacial score (nSPS) is 10.3. The number of halogens is 1. The lowest BCUT2D eigenvalue weighted by atomic mass is 10.2. The van der Waals surface area contributed by atoms with Gasteiger partial charge < -0.3 is 10.2 Å². The van der Waals surface area contributed by atoms with Gasteiger partial charge in [-0.05, 0) is 45.8 Å². The Morgan fingerprint density at radius 1 is 1.08 bits per heavy atom. The molecule has 4 nitrogen and oxygen atoms in total. The summed E-state index contributed by atoms with van der Waals surface area (Å²) >= 11 is 3.51. The molecule has 0 radical (unpaired) electrons. The molecular weight excluding hydrogens is 378 g/mol. The zero-order valence-electron chi connectivity index (χ0n) is 13.8. The highest BCUT2D eigenvalue weighted by Gasteiger charge is 2.14. The maximum Gasteiger partial charge on any atom is 0.272 e. The molecule has 0 aliphatic rings. The van der Waals surface area contributed by atoms with Gasteiger partial charge in [-0.1, -0.05) is 42.5 Å². The summed E-state index contributed by atoms with van der Waals surface area (Å²) in [7, 11) is 1.78. The second-order valence-electron chi connectivity index (χ2n) is 5.68. The standard InChI is InChI=1S/C20H18BrN3O/c1-24(14-15-7-3-2-4-8-15)20(25)19-13-16(11-12-22-19)23-18-10-6-5-9-17(18)21/h2-13H,14H2,1H3,(H,22,23). The maximum absolute atomic E-state index is 12.6. The summed E-state index contributed by atoms with van der Waals surface area (Å²) in [6.45, 7) is 0.545. The molecule has 0 saturated heterocycles. The fraction of sp³-hybridized carbons (Fsp3) is 0.100. The van der Waals surface area contributed by atoms with Crippen molar-refractivity contribution in [1.29, 1.82) is 0 Å². The lowest BCUT2D eigenvalue weighted by Gasteiger charge is -2.17. The Kier molecular flexibility index (Phi) is 5.46. The molecule has 25 heavy (non-hydrogen) atoms. The number of carbonyl (C=O) groups is 1. The average molecular weight is 396 g/mol. The molecule has 2 aromatic carbocycles. The van der Waals surface area contributed by atoms with Crippen LogP contribution < -0.4 is 5.32 Å². The fourth-order valence-corrected chi connectivity index (χ4v) is 2.85. The minimum atomic E-state index is -0.111. The van der Waals surface area contributed by atoms with Crippen molar-refractivity contribution in [2.24, 2.45) is 0 Å². The Hall–Kier alpha value is -2.66. The SMILES string of the molecule is CN(Cc1ccccc1)C(=O)c1cc(Nc2ccccc2Br)ccn1. The van der Waals surface area contributed by atoms with E-state index in [9.17, 15) is 4.79 Å². The Labute approximate surface area is 155 Å². The number of rotatable bonds is 5. The predicted octanol–water partition coefficient (Wildman–Crippen LogP) is 4.86. The second kappa shape index (κ2) is 7.94. The Balaban J connectivity index is 1.74. The molecular formula is C20H18BrN3O. The fourth-order valence-electron chi connectivity index (χ4n) is 2.47. The van der Waals surface area contributed by atoms with Gasteiger partial charge in [-0.15, -0.1) is 0 Å². The van der Waals surface area contributed by atoms with E-state index in [1.54, 1.807) is 24.2 Å². The molecule has 0 aliphatic carbocycles. The monoisotopic (exact) mass is 395 g/mol. The number of anilines is 2. The van der Waals surface area contributed by atoms with Gasteiger partial charge in [-0.3, -0.25) is 9.78 Å². The van der Waals surface area contributed by atoms with E-state index in [1.807, 2.05) is 60.7 Å². The van der Waals surface area contributed by atoms with Gasteiger partial charge in [0.25, 0.3) is 5.91 Å². The van der Waals surface area contributed by atoms with Crippen LogP contribution in [0.3, 0.4) is 0 Å². The molecule has 5 heteroatoms. The molecule has 3 aromatic rings. The van der Waals surface area contributed by atoms with Gasteiger partial charge in [0.15, 0.2) is 0 Å². The summed E-state index contributed by atoms with van der Waals surface area (Å²) in [5.74, 6) is -0.111. The van der Waals surface area contributed by atoms with Gasteiger partial charge >= 0.3 is 0 Å². The first-order valence-corrected chi connectivity index (χ1v) is 8.70. The van der Waals surface area contributed by atoms with E-state index in [-0.39, 0.29) is 5.91 Å². The molecule has 0 fully saturated rings. The summed E-state index contributed by atoms with van der Waals surface area (Å²) in [6, 6.07) is 21.3. The summed E-state index contributed by atoms with van der Waals surface area (Å²) < 4.78 is 0.959. The molecule has 0 spiro atoms. The molecule has 1 aromatic heterocycles. The number of para-hydroxylation sites is 1. The topological polar surface area (TPSA) is 45.2 Å². The molecule has 0 aliphatic heterocycles. The van der Waals surface area contributed by atoms with Crippen molar-refractivity contribution in [1.82, 2.24) is 9.88 Å². The molecule has 126 valence electrons. The molecule has 0 atom stereocenters. The average Bonchev–Trinajstić information content (AvgIpc) is 2.64. The van der Waals surface area contributed by atoms with E-state index in [0.29, 0.717) is 12.2 Å². The van der Waals surface area contributed by atoms with Crippen molar-refractivity contribution in [2.45, 2.75) is 6.54 Å². The van der Waals surface area contributed by atoms with Gasteiger partial charge in [0.2, 0.25) is 0 Å². The number of hydrogen-bond donors (Lipinski definition) is 1. The first-order valence-electron chi connectivity index (χ1n) is 7.90. The lowest BCUT2D eigenvalue weighted by Crippen LogP contribution is -2.27. The van der Waals surface area contributed by atoms with Crippen LogP contribution in [0.5, 0.6) is 0 Å². The van der Waals surface area contributed by atoms with Crippen molar-refractivity contribution in [2.75, 3.05) is 12.4 Å². The van der Waals surface area contributed by atoms with E-state index in [2.05, 4.69) is 26.2 Å². The van der Waals surface area contributed by atoms with Crippen molar-refractivity contribution in [3.63, 3.8) is 0 Å². The molecule has 3 rings (SSSR count). The third-order valence-corrected chi connectivity index (χ3v) is 4.43. The minimum Gasteiger partial charge on any atom is -0.354 e. The van der Waals surface area contributed by atoms with E-state index in [1.165, 1.54) is 0 Å². The van der Waals surface area contributed by atoms with Crippen molar-refractivity contribution in [3.8, 4) is 0 Å². The highest BCUT2D eigenvalue weighted by molar-refractivity contribution is 9.10. The summed E-state index contributed by atoms with van der Waals surface area (Å²) in [4.78, 5) is 18.5. The van der Waals surface area contributed by atoms with Crippen molar-refractivity contribution >= 4 is 33.2 Å². The van der Waals surface area contributed by atoms with Crippen molar-refractivity contribution < 1.29 is 4.79 Å². The number of benzene rings is 2. The van der Waals surface area contributed by atoms with Crippen LogP contribution in [0, 0.1) is 0 Å². The number of aromatic nitrogens is 1. The van der Waals surface area contributed by atoms with Gasteiger partial charge in [-0.25, -0.2) is 0 Å². The summed E-state index contributed by atoms with van der Waals surface area (Å²) in [5.41, 5.74) is 3.25. The van der Waals surface area contributed by atoms with Crippen molar-refractivity contribution in [3.05, 3.63) is 88.7 Å². The smallest absolute Gasteiger partial charge is 0.272 e. The van der Waals surface area contributed by atoms with Crippen LogP contribution in [0.4, 0.5) is 11.4 Å². The van der Waals surface area contributed by atoms with Gasteiger partial charge in [-0.2, -0.15) is 0 Å². The third kappa shape index (κ3) is 4.45. The maximum atomic E-state index is 12.6. The number of nitrogens with zero attached hydrogens (tertiary/aromatic N) is 2. The predicted molar refractivity (Wildman–Crippen MR) is 104 cm³/mol. The van der Waals surface area contributed by atoms with Crippen LogP contribution in [-0.4, -0.2) is 22.8 Å². The quantitative estimate of drug-likeness (QED) is 0.670.